The smallest absolute Gasteiger partial charge is 0.181 e. The van der Waals surface area contributed by atoms with E-state index < -0.39 is 0 Å². The van der Waals surface area contributed by atoms with Crippen molar-refractivity contribution in [3.05, 3.63) is 30.2 Å². The molecule has 3 rings (SSSR count). The zero-order valence-electron chi connectivity index (χ0n) is 11.1. The molecule has 1 saturated heterocycles. The molecule has 0 amide bonds. The van der Waals surface area contributed by atoms with E-state index in [2.05, 4.69) is 23.0 Å². The van der Waals surface area contributed by atoms with Crippen LogP contribution in [0.15, 0.2) is 29.0 Å². The summed E-state index contributed by atoms with van der Waals surface area (Å²) in [5, 5.41) is 0. The fourth-order valence-corrected chi connectivity index (χ4v) is 2.60. The molecular formula is C14H19N3O2. The van der Waals surface area contributed by atoms with Crippen molar-refractivity contribution in [2.75, 3.05) is 33.4 Å². The number of aromatic nitrogens is 1. The molecule has 0 aliphatic carbocycles. The Morgan fingerprint density at radius 3 is 2.95 bits per heavy atom. The zero-order valence-corrected chi connectivity index (χ0v) is 11.1. The fourth-order valence-electron chi connectivity index (χ4n) is 2.60. The molecule has 1 aromatic carbocycles. The number of nitrogens with two attached hydrogens (primary N) is 1. The zero-order chi connectivity index (χ0) is 13.3. The largest absolute Gasteiger partial charge is 0.443 e. The van der Waals surface area contributed by atoms with Crippen LogP contribution in [0.1, 0.15) is 5.56 Å². The maximum atomic E-state index is 5.84. The molecule has 1 aliphatic rings. The lowest BCUT2D eigenvalue weighted by Gasteiger charge is -2.43. The minimum absolute atomic E-state index is 0.144. The minimum atomic E-state index is 0.144. The third kappa shape index (κ3) is 2.49. The number of ether oxygens (including phenoxy) is 1. The number of nitrogens with zero attached hydrogens (tertiary/aromatic N) is 2. The Hall–Kier alpha value is -1.43. The topological polar surface area (TPSA) is 64.5 Å². The van der Waals surface area contributed by atoms with E-state index >= 15 is 0 Å². The minimum Gasteiger partial charge on any atom is -0.443 e. The monoisotopic (exact) mass is 261 g/mol. The van der Waals surface area contributed by atoms with Gasteiger partial charge in [0.15, 0.2) is 12.0 Å². The first-order valence-corrected chi connectivity index (χ1v) is 6.49. The van der Waals surface area contributed by atoms with Crippen molar-refractivity contribution in [1.29, 1.82) is 0 Å². The van der Waals surface area contributed by atoms with E-state index in [1.54, 1.807) is 0 Å². The molecule has 2 aromatic rings. The van der Waals surface area contributed by atoms with Gasteiger partial charge in [-0.3, -0.25) is 0 Å². The molecule has 0 atom stereocenters. The van der Waals surface area contributed by atoms with Crippen molar-refractivity contribution < 1.29 is 9.15 Å². The van der Waals surface area contributed by atoms with Gasteiger partial charge in [0, 0.05) is 25.0 Å². The van der Waals surface area contributed by atoms with Crippen LogP contribution < -0.4 is 5.73 Å². The van der Waals surface area contributed by atoms with Gasteiger partial charge in [0.2, 0.25) is 0 Å². The van der Waals surface area contributed by atoms with Crippen molar-refractivity contribution >= 4 is 11.1 Å². The van der Waals surface area contributed by atoms with Gasteiger partial charge in [-0.15, -0.1) is 0 Å². The number of hydrogen-bond donors (Lipinski definition) is 1. The highest BCUT2D eigenvalue weighted by Gasteiger charge is 2.38. The fraction of sp³-hybridized carbons (Fsp3) is 0.500. The summed E-state index contributed by atoms with van der Waals surface area (Å²) in [5.74, 6) is 0. The first kappa shape index (κ1) is 12.6. The standard InChI is InChI=1S/C14H19N3O2/c1-17(7-14(6-15)8-18-9-14)5-11-2-3-12-13(4-11)19-10-16-12/h2-4,10H,5-9,15H2,1H3. The average Bonchev–Trinajstić information content (AvgIpc) is 2.81. The van der Waals surface area contributed by atoms with Gasteiger partial charge in [-0.05, 0) is 24.7 Å². The first-order chi connectivity index (χ1) is 9.21. The summed E-state index contributed by atoms with van der Waals surface area (Å²) in [6.07, 6.45) is 1.48. The summed E-state index contributed by atoms with van der Waals surface area (Å²) < 4.78 is 10.6. The predicted octanol–water partition coefficient (Wildman–Crippen LogP) is 1.23. The third-order valence-corrected chi connectivity index (χ3v) is 3.70. The normalized spacial score (nSPS) is 17.8. The second-order valence-corrected chi connectivity index (χ2v) is 5.52. The Labute approximate surface area is 112 Å². The first-order valence-electron chi connectivity index (χ1n) is 6.49. The molecule has 0 bridgehead atoms. The Morgan fingerprint density at radius 1 is 1.42 bits per heavy atom. The van der Waals surface area contributed by atoms with Crippen molar-refractivity contribution in [3.63, 3.8) is 0 Å². The molecule has 2 N–H and O–H groups in total. The van der Waals surface area contributed by atoms with E-state index in [1.807, 2.05) is 12.1 Å². The lowest BCUT2D eigenvalue weighted by Crippen LogP contribution is -2.54. The van der Waals surface area contributed by atoms with E-state index in [1.165, 1.54) is 12.0 Å². The summed E-state index contributed by atoms with van der Waals surface area (Å²) in [4.78, 5) is 6.41. The van der Waals surface area contributed by atoms with Crippen LogP contribution >= 0.6 is 0 Å². The summed E-state index contributed by atoms with van der Waals surface area (Å²) in [6.45, 7) is 4.05. The number of benzene rings is 1. The molecular weight excluding hydrogens is 242 g/mol. The number of fused-ring (bicyclic) bond motifs is 1. The van der Waals surface area contributed by atoms with E-state index in [9.17, 15) is 0 Å². The van der Waals surface area contributed by atoms with Gasteiger partial charge < -0.3 is 19.8 Å². The van der Waals surface area contributed by atoms with Crippen LogP contribution in [0.2, 0.25) is 0 Å². The Bertz CT molecular complexity index is 557. The van der Waals surface area contributed by atoms with Gasteiger partial charge in [-0.2, -0.15) is 0 Å². The summed E-state index contributed by atoms with van der Waals surface area (Å²) in [5.41, 5.74) is 8.95. The van der Waals surface area contributed by atoms with Crippen LogP contribution in [0.4, 0.5) is 0 Å². The van der Waals surface area contributed by atoms with Gasteiger partial charge >= 0.3 is 0 Å². The van der Waals surface area contributed by atoms with Crippen LogP contribution in [0, 0.1) is 5.41 Å². The van der Waals surface area contributed by atoms with Gasteiger partial charge in [0.25, 0.3) is 0 Å². The average molecular weight is 261 g/mol. The van der Waals surface area contributed by atoms with Crippen LogP contribution in [-0.4, -0.2) is 43.2 Å². The third-order valence-electron chi connectivity index (χ3n) is 3.70. The maximum Gasteiger partial charge on any atom is 0.181 e. The molecule has 102 valence electrons. The summed E-state index contributed by atoms with van der Waals surface area (Å²) >= 11 is 0. The molecule has 5 nitrogen and oxygen atoms in total. The predicted molar refractivity (Wildman–Crippen MR) is 72.6 cm³/mol. The lowest BCUT2D eigenvalue weighted by molar-refractivity contribution is -0.118. The molecule has 0 spiro atoms. The molecule has 1 aromatic heterocycles. The van der Waals surface area contributed by atoms with E-state index in [4.69, 9.17) is 14.9 Å². The highest BCUT2D eigenvalue weighted by molar-refractivity contribution is 5.72. The Balaban J connectivity index is 1.66. The van der Waals surface area contributed by atoms with Crippen molar-refractivity contribution in [2.45, 2.75) is 6.54 Å². The van der Waals surface area contributed by atoms with Crippen LogP contribution in [0.3, 0.4) is 0 Å². The van der Waals surface area contributed by atoms with Crippen LogP contribution in [0.5, 0.6) is 0 Å². The van der Waals surface area contributed by atoms with E-state index in [-0.39, 0.29) is 5.41 Å². The number of hydrogen-bond acceptors (Lipinski definition) is 5. The lowest BCUT2D eigenvalue weighted by atomic mass is 9.85. The Morgan fingerprint density at radius 2 is 2.26 bits per heavy atom. The quantitative estimate of drug-likeness (QED) is 0.877. The second-order valence-electron chi connectivity index (χ2n) is 5.52. The van der Waals surface area contributed by atoms with E-state index in [0.717, 1.165) is 37.4 Å². The molecule has 5 heteroatoms. The van der Waals surface area contributed by atoms with Gasteiger partial charge in [-0.1, -0.05) is 6.07 Å². The highest BCUT2D eigenvalue weighted by Crippen LogP contribution is 2.27. The van der Waals surface area contributed by atoms with Crippen molar-refractivity contribution in [2.24, 2.45) is 11.1 Å². The van der Waals surface area contributed by atoms with Crippen LogP contribution in [0.25, 0.3) is 11.1 Å². The molecule has 1 fully saturated rings. The van der Waals surface area contributed by atoms with Crippen molar-refractivity contribution in [3.8, 4) is 0 Å². The molecule has 2 heterocycles. The maximum absolute atomic E-state index is 5.84. The van der Waals surface area contributed by atoms with Crippen LogP contribution in [-0.2, 0) is 11.3 Å². The number of oxazole rings is 1. The molecule has 0 radical (unpaired) electrons. The molecule has 19 heavy (non-hydrogen) atoms. The Kier molecular flexibility index (Phi) is 3.26. The summed E-state index contributed by atoms with van der Waals surface area (Å²) in [7, 11) is 2.11. The summed E-state index contributed by atoms with van der Waals surface area (Å²) in [6, 6.07) is 6.13. The molecule has 1 aliphatic heterocycles. The van der Waals surface area contributed by atoms with Gasteiger partial charge in [0.1, 0.15) is 5.52 Å². The van der Waals surface area contributed by atoms with E-state index in [0.29, 0.717) is 6.54 Å². The SMILES string of the molecule is CN(Cc1ccc2ncoc2c1)CC1(CN)COC1. The second kappa shape index (κ2) is 4.92. The van der Waals surface area contributed by atoms with Gasteiger partial charge in [-0.25, -0.2) is 4.98 Å². The van der Waals surface area contributed by atoms with Crippen molar-refractivity contribution in [1.82, 2.24) is 9.88 Å². The molecule has 0 saturated carbocycles. The molecule has 0 unspecified atom stereocenters. The van der Waals surface area contributed by atoms with Gasteiger partial charge in [0.05, 0.1) is 13.2 Å². The highest BCUT2D eigenvalue weighted by atomic mass is 16.5. The number of rotatable bonds is 5.